The van der Waals surface area contributed by atoms with Crippen LogP contribution in [-0.2, 0) is 6.54 Å². The highest BCUT2D eigenvalue weighted by atomic mass is 19.1. The van der Waals surface area contributed by atoms with Gasteiger partial charge in [-0.3, -0.25) is 4.79 Å². The molecule has 0 heterocycles. The van der Waals surface area contributed by atoms with Crippen molar-refractivity contribution in [2.45, 2.75) is 20.4 Å². The Bertz CT molecular complexity index is 612. The molecule has 0 fully saturated rings. The predicted molar refractivity (Wildman–Crippen MR) is 77.9 cm³/mol. The summed E-state index contributed by atoms with van der Waals surface area (Å²) in [6, 6.07) is 10.2. The zero-order chi connectivity index (χ0) is 14.7. The molecule has 3 nitrogen and oxygen atoms in total. The smallest absolute Gasteiger partial charge is 0.251 e. The Hall–Kier alpha value is -2.36. The largest absolute Gasteiger partial charge is 0.399 e. The van der Waals surface area contributed by atoms with Gasteiger partial charge in [0.2, 0.25) is 0 Å². The lowest BCUT2D eigenvalue weighted by molar-refractivity contribution is 0.0951. The van der Waals surface area contributed by atoms with Crippen LogP contribution in [0.4, 0.5) is 10.1 Å². The van der Waals surface area contributed by atoms with Gasteiger partial charge in [0, 0.05) is 17.8 Å². The molecule has 3 N–H and O–H groups in total. The van der Waals surface area contributed by atoms with E-state index >= 15 is 0 Å². The molecule has 0 bridgehead atoms. The maximum Gasteiger partial charge on any atom is 0.251 e. The number of nitrogens with one attached hydrogen (secondary N) is 1. The number of carbonyl (C=O) groups is 1. The minimum absolute atomic E-state index is 0.176. The van der Waals surface area contributed by atoms with Gasteiger partial charge in [0.25, 0.3) is 5.91 Å². The lowest BCUT2D eigenvalue weighted by atomic mass is 10.1. The lowest BCUT2D eigenvalue weighted by Crippen LogP contribution is -2.22. The summed E-state index contributed by atoms with van der Waals surface area (Å²) in [5, 5.41) is 2.81. The van der Waals surface area contributed by atoms with E-state index in [2.05, 4.69) is 5.32 Å². The van der Waals surface area contributed by atoms with Gasteiger partial charge in [-0.15, -0.1) is 0 Å². The zero-order valence-corrected chi connectivity index (χ0v) is 11.5. The van der Waals surface area contributed by atoms with Crippen molar-refractivity contribution < 1.29 is 9.18 Å². The third kappa shape index (κ3) is 3.15. The van der Waals surface area contributed by atoms with E-state index in [-0.39, 0.29) is 11.7 Å². The maximum absolute atomic E-state index is 13.5. The Morgan fingerprint density at radius 1 is 1.15 bits per heavy atom. The van der Waals surface area contributed by atoms with Crippen molar-refractivity contribution in [3.05, 3.63) is 64.5 Å². The number of halogens is 1. The highest BCUT2D eigenvalue weighted by molar-refractivity contribution is 5.94. The summed E-state index contributed by atoms with van der Waals surface area (Å²) in [5.41, 5.74) is 8.79. The summed E-state index contributed by atoms with van der Waals surface area (Å²) in [6.07, 6.45) is 0. The van der Waals surface area contributed by atoms with Gasteiger partial charge in [-0.1, -0.05) is 12.1 Å². The molecule has 0 saturated heterocycles. The number of nitrogens with two attached hydrogens (primary N) is 1. The van der Waals surface area contributed by atoms with E-state index in [4.69, 9.17) is 5.73 Å². The average Bonchev–Trinajstić information content (AvgIpc) is 2.42. The van der Waals surface area contributed by atoms with Crippen LogP contribution < -0.4 is 11.1 Å². The number of anilines is 1. The van der Waals surface area contributed by atoms with Gasteiger partial charge in [0.15, 0.2) is 0 Å². The summed E-state index contributed by atoms with van der Waals surface area (Å²) >= 11 is 0. The van der Waals surface area contributed by atoms with Crippen molar-refractivity contribution in [1.82, 2.24) is 5.32 Å². The maximum atomic E-state index is 13.5. The number of carbonyl (C=O) groups excluding carboxylic acids is 1. The molecule has 0 aliphatic heterocycles. The Morgan fingerprint density at radius 3 is 2.25 bits per heavy atom. The predicted octanol–water partition coefficient (Wildman–Crippen LogP) is 2.95. The van der Waals surface area contributed by atoms with E-state index in [0.717, 1.165) is 5.56 Å². The standard InChI is InChI=1S/C16H17FN2O/c1-10-7-12(8-11(2)15(10)17)9-19-16(20)13-3-5-14(18)6-4-13/h3-8H,9,18H2,1-2H3,(H,19,20). The van der Waals surface area contributed by atoms with Crippen LogP contribution in [0.25, 0.3) is 0 Å². The van der Waals surface area contributed by atoms with Gasteiger partial charge in [-0.25, -0.2) is 4.39 Å². The highest BCUT2D eigenvalue weighted by Crippen LogP contribution is 2.14. The Morgan fingerprint density at radius 2 is 1.70 bits per heavy atom. The van der Waals surface area contributed by atoms with Crippen LogP contribution in [0, 0.1) is 19.7 Å². The molecule has 4 heteroatoms. The molecule has 2 aromatic carbocycles. The molecule has 0 spiro atoms. The number of amides is 1. The van der Waals surface area contributed by atoms with Crippen LogP contribution in [0.3, 0.4) is 0 Å². The quantitative estimate of drug-likeness (QED) is 0.844. The van der Waals surface area contributed by atoms with Crippen LogP contribution in [-0.4, -0.2) is 5.91 Å². The van der Waals surface area contributed by atoms with E-state index in [1.54, 1.807) is 50.2 Å². The molecule has 2 aromatic rings. The van der Waals surface area contributed by atoms with Crippen molar-refractivity contribution >= 4 is 11.6 Å². The molecule has 0 atom stereocenters. The Kier molecular flexibility index (Phi) is 4.03. The van der Waals surface area contributed by atoms with E-state index in [1.807, 2.05) is 0 Å². The van der Waals surface area contributed by atoms with Gasteiger partial charge in [0.05, 0.1) is 0 Å². The van der Waals surface area contributed by atoms with E-state index < -0.39 is 0 Å². The number of hydrogen-bond acceptors (Lipinski definition) is 2. The molecule has 104 valence electrons. The fraction of sp³-hybridized carbons (Fsp3) is 0.188. The average molecular weight is 272 g/mol. The van der Waals surface area contributed by atoms with Crippen molar-refractivity contribution in [3.8, 4) is 0 Å². The van der Waals surface area contributed by atoms with Crippen LogP contribution in [0.1, 0.15) is 27.0 Å². The summed E-state index contributed by atoms with van der Waals surface area (Å²) in [6.45, 7) is 3.80. The van der Waals surface area contributed by atoms with E-state index in [9.17, 15) is 9.18 Å². The SMILES string of the molecule is Cc1cc(CNC(=O)c2ccc(N)cc2)cc(C)c1F. The first-order valence-electron chi connectivity index (χ1n) is 6.36. The third-order valence-corrected chi connectivity index (χ3v) is 3.12. The summed E-state index contributed by atoms with van der Waals surface area (Å²) in [7, 11) is 0. The molecule has 0 saturated carbocycles. The minimum Gasteiger partial charge on any atom is -0.399 e. The Balaban J connectivity index is 2.05. The number of aryl methyl sites for hydroxylation is 2. The van der Waals surface area contributed by atoms with E-state index in [0.29, 0.717) is 28.9 Å². The first-order valence-corrected chi connectivity index (χ1v) is 6.36. The van der Waals surface area contributed by atoms with Crippen LogP contribution >= 0.6 is 0 Å². The minimum atomic E-state index is -0.196. The second-order valence-electron chi connectivity index (χ2n) is 4.85. The molecular weight excluding hydrogens is 255 g/mol. The molecule has 0 aliphatic carbocycles. The van der Waals surface area contributed by atoms with Gasteiger partial charge in [-0.05, 0) is 54.8 Å². The van der Waals surface area contributed by atoms with Crippen molar-refractivity contribution in [1.29, 1.82) is 0 Å². The van der Waals surface area contributed by atoms with Crippen LogP contribution in [0.2, 0.25) is 0 Å². The second kappa shape index (κ2) is 5.74. The van der Waals surface area contributed by atoms with Crippen molar-refractivity contribution in [3.63, 3.8) is 0 Å². The third-order valence-electron chi connectivity index (χ3n) is 3.12. The number of nitrogen functional groups attached to an aromatic ring is 1. The Labute approximate surface area is 117 Å². The van der Waals surface area contributed by atoms with Crippen LogP contribution in [0.5, 0.6) is 0 Å². The van der Waals surface area contributed by atoms with Crippen molar-refractivity contribution in [2.24, 2.45) is 0 Å². The molecule has 2 rings (SSSR count). The molecule has 0 aromatic heterocycles. The van der Waals surface area contributed by atoms with Gasteiger partial charge >= 0.3 is 0 Å². The fourth-order valence-corrected chi connectivity index (χ4v) is 2.06. The van der Waals surface area contributed by atoms with Crippen LogP contribution in [0.15, 0.2) is 36.4 Å². The topological polar surface area (TPSA) is 55.1 Å². The number of benzene rings is 2. The van der Waals surface area contributed by atoms with Gasteiger partial charge < -0.3 is 11.1 Å². The summed E-state index contributed by atoms with van der Waals surface area (Å²) in [5.74, 6) is -0.372. The lowest BCUT2D eigenvalue weighted by Gasteiger charge is -2.09. The monoisotopic (exact) mass is 272 g/mol. The number of rotatable bonds is 3. The molecule has 1 amide bonds. The fourth-order valence-electron chi connectivity index (χ4n) is 2.06. The molecule has 0 aliphatic rings. The summed E-state index contributed by atoms with van der Waals surface area (Å²) in [4.78, 5) is 11.9. The zero-order valence-electron chi connectivity index (χ0n) is 11.5. The molecule has 0 radical (unpaired) electrons. The van der Waals surface area contributed by atoms with Crippen molar-refractivity contribution in [2.75, 3.05) is 5.73 Å². The van der Waals surface area contributed by atoms with Gasteiger partial charge in [0.1, 0.15) is 5.82 Å². The summed E-state index contributed by atoms with van der Waals surface area (Å²) < 4.78 is 13.5. The normalized spacial score (nSPS) is 10.3. The molecule has 20 heavy (non-hydrogen) atoms. The highest BCUT2D eigenvalue weighted by Gasteiger charge is 2.07. The van der Waals surface area contributed by atoms with Gasteiger partial charge in [-0.2, -0.15) is 0 Å². The second-order valence-corrected chi connectivity index (χ2v) is 4.85. The molecular formula is C16H17FN2O. The van der Waals surface area contributed by atoms with E-state index in [1.165, 1.54) is 0 Å². The molecule has 0 unspecified atom stereocenters. The first-order chi connectivity index (χ1) is 9.47. The number of hydrogen-bond donors (Lipinski definition) is 2. The first kappa shape index (κ1) is 14.1.